The Hall–Kier alpha value is -0.315. The van der Waals surface area contributed by atoms with E-state index >= 15 is 0 Å². The van der Waals surface area contributed by atoms with Gasteiger partial charge in [-0.15, -0.1) is 11.3 Å². The van der Waals surface area contributed by atoms with Gasteiger partial charge in [-0.3, -0.25) is 0 Å². The quantitative estimate of drug-likeness (QED) is 0.329. The fourth-order valence-corrected chi connectivity index (χ4v) is 4.62. The Morgan fingerprint density at radius 2 is 1.54 bits per heavy atom. The largest absolute Gasteiger partial charge is 0.505 e. The summed E-state index contributed by atoms with van der Waals surface area (Å²) in [6.45, 7) is 13.1. The monoisotopic (exact) mass is 378 g/mol. The average Bonchev–Trinajstić information content (AvgIpc) is 3.12. The molecule has 1 aromatic rings. The van der Waals surface area contributed by atoms with Gasteiger partial charge in [-0.1, -0.05) is 71.3 Å². The van der Waals surface area contributed by atoms with E-state index in [-0.39, 0.29) is 18.3 Å². The van der Waals surface area contributed by atoms with Crippen LogP contribution >= 0.6 is 11.3 Å². The summed E-state index contributed by atoms with van der Waals surface area (Å²) < 4.78 is 13.6. The molecule has 1 aromatic heterocycles. The van der Waals surface area contributed by atoms with Gasteiger partial charge in [0.05, 0.1) is 11.2 Å². The lowest BCUT2D eigenvalue weighted by atomic mass is 9.88. The van der Waals surface area contributed by atoms with Crippen LogP contribution in [0.15, 0.2) is 12.1 Å². The van der Waals surface area contributed by atoms with E-state index in [0.717, 1.165) is 5.92 Å². The first-order valence-electron chi connectivity index (χ1n) is 10.7. The second-order valence-electron chi connectivity index (χ2n) is 8.93. The summed E-state index contributed by atoms with van der Waals surface area (Å²) in [5.41, 5.74) is -0.517. The van der Waals surface area contributed by atoms with Crippen LogP contribution in [0.5, 0.6) is 0 Å². The molecule has 2 heterocycles. The van der Waals surface area contributed by atoms with Crippen LogP contribution in [0.25, 0.3) is 0 Å². The van der Waals surface area contributed by atoms with Crippen LogP contribution in [0.4, 0.5) is 0 Å². The van der Waals surface area contributed by atoms with Crippen LogP contribution in [0.2, 0.25) is 0 Å². The molecule has 26 heavy (non-hydrogen) atoms. The van der Waals surface area contributed by atoms with Gasteiger partial charge in [0.25, 0.3) is 0 Å². The van der Waals surface area contributed by atoms with Gasteiger partial charge in [-0.25, -0.2) is 0 Å². The lowest BCUT2D eigenvalue weighted by molar-refractivity contribution is 0.00578. The van der Waals surface area contributed by atoms with Crippen molar-refractivity contribution in [3.63, 3.8) is 0 Å². The molecule has 0 saturated carbocycles. The second-order valence-corrected chi connectivity index (χ2v) is 10.1. The van der Waals surface area contributed by atoms with Gasteiger partial charge in [0.2, 0.25) is 0 Å². The average molecular weight is 378 g/mol. The second kappa shape index (κ2) is 9.75. The maximum atomic E-state index is 6.19. The molecule has 1 saturated heterocycles. The SMILES string of the molecule is CCCCCCCCC(CC)Cc1ccc(B2OC(C)(C)C(C)(C)O2)s1. The Morgan fingerprint density at radius 3 is 2.15 bits per heavy atom. The molecule has 0 amide bonds. The minimum Gasteiger partial charge on any atom is -0.399 e. The first-order chi connectivity index (χ1) is 12.3. The van der Waals surface area contributed by atoms with E-state index in [9.17, 15) is 0 Å². The van der Waals surface area contributed by atoms with Gasteiger partial charge in [-0.05, 0) is 46.1 Å². The maximum Gasteiger partial charge on any atom is 0.505 e. The minimum atomic E-state index is -0.258. The van der Waals surface area contributed by atoms with Crippen molar-refractivity contribution in [2.45, 2.75) is 111 Å². The van der Waals surface area contributed by atoms with E-state index in [4.69, 9.17) is 9.31 Å². The summed E-state index contributed by atoms with van der Waals surface area (Å²) in [6, 6.07) is 4.49. The summed E-state index contributed by atoms with van der Waals surface area (Å²) in [6.07, 6.45) is 12.2. The van der Waals surface area contributed by atoms with E-state index in [1.54, 1.807) is 0 Å². The van der Waals surface area contributed by atoms with Gasteiger partial charge in [0.1, 0.15) is 0 Å². The highest BCUT2D eigenvalue weighted by Gasteiger charge is 2.52. The first-order valence-corrected chi connectivity index (χ1v) is 11.5. The van der Waals surface area contributed by atoms with Crippen LogP contribution in [0.3, 0.4) is 0 Å². The number of hydrogen-bond donors (Lipinski definition) is 0. The zero-order valence-electron chi connectivity index (χ0n) is 17.9. The van der Waals surface area contributed by atoms with E-state index in [2.05, 4.69) is 53.7 Å². The van der Waals surface area contributed by atoms with E-state index < -0.39 is 0 Å². The highest BCUT2D eigenvalue weighted by atomic mass is 32.1. The normalized spacial score (nSPS) is 19.8. The summed E-state index contributed by atoms with van der Waals surface area (Å²) in [5.74, 6) is 0.811. The molecule has 1 aliphatic rings. The number of thiophene rings is 1. The predicted octanol–water partition coefficient (Wildman–Crippen LogP) is 6.37. The Balaban J connectivity index is 1.81. The zero-order chi connectivity index (χ0) is 19.2. The van der Waals surface area contributed by atoms with Gasteiger partial charge >= 0.3 is 7.12 Å². The van der Waals surface area contributed by atoms with Gasteiger partial charge in [0, 0.05) is 9.65 Å². The smallest absolute Gasteiger partial charge is 0.399 e. The maximum absolute atomic E-state index is 6.19. The number of unbranched alkanes of at least 4 members (excludes halogenated alkanes) is 5. The van der Waals surface area contributed by atoms with Crippen molar-refractivity contribution in [1.82, 2.24) is 0 Å². The molecule has 0 radical (unpaired) electrons. The Labute approximate surface area is 166 Å². The standard InChI is InChI=1S/C22H39BO2S/c1-7-9-10-11-12-13-14-18(8-2)17-19-15-16-20(26-19)23-24-21(3,4)22(5,6)25-23/h15-16,18H,7-14,17H2,1-6H3. The Bertz CT molecular complexity index is 522. The third kappa shape index (κ3) is 5.84. The van der Waals surface area contributed by atoms with Crippen LogP contribution < -0.4 is 4.78 Å². The Kier molecular flexibility index (Phi) is 8.24. The molecule has 2 nitrogen and oxygen atoms in total. The molecule has 1 aliphatic heterocycles. The van der Waals surface area contributed by atoms with Gasteiger partial charge < -0.3 is 9.31 Å². The van der Waals surface area contributed by atoms with Crippen molar-refractivity contribution in [3.05, 3.63) is 17.0 Å². The lowest BCUT2D eigenvalue weighted by Gasteiger charge is -2.32. The van der Waals surface area contributed by atoms with Crippen LogP contribution in [0.1, 0.15) is 97.8 Å². The fourth-order valence-electron chi connectivity index (χ4n) is 3.54. The third-order valence-electron chi connectivity index (χ3n) is 6.20. The molecule has 0 bridgehead atoms. The molecule has 148 valence electrons. The van der Waals surface area contributed by atoms with E-state index in [1.165, 1.54) is 67.4 Å². The van der Waals surface area contributed by atoms with E-state index in [0.29, 0.717) is 0 Å². The van der Waals surface area contributed by atoms with Gasteiger partial charge in [-0.2, -0.15) is 0 Å². The summed E-state index contributed by atoms with van der Waals surface area (Å²) in [7, 11) is -0.211. The third-order valence-corrected chi connectivity index (χ3v) is 7.33. The molecule has 1 fully saturated rings. The Morgan fingerprint density at radius 1 is 0.923 bits per heavy atom. The minimum absolute atomic E-state index is 0.211. The van der Waals surface area contributed by atoms with Crippen LogP contribution in [0, 0.1) is 5.92 Å². The van der Waals surface area contributed by atoms with Crippen molar-refractivity contribution in [3.8, 4) is 0 Å². The van der Waals surface area contributed by atoms with Crippen molar-refractivity contribution in [1.29, 1.82) is 0 Å². The lowest BCUT2D eigenvalue weighted by Crippen LogP contribution is -2.41. The van der Waals surface area contributed by atoms with Crippen molar-refractivity contribution in [2.75, 3.05) is 0 Å². The number of hydrogen-bond acceptors (Lipinski definition) is 3. The zero-order valence-corrected chi connectivity index (χ0v) is 18.7. The molecule has 0 aromatic carbocycles. The topological polar surface area (TPSA) is 18.5 Å². The molecule has 1 unspecified atom stereocenters. The van der Waals surface area contributed by atoms with Crippen molar-refractivity contribution >= 4 is 23.2 Å². The first kappa shape index (κ1) is 22.0. The highest BCUT2D eigenvalue weighted by molar-refractivity contribution is 7.22. The van der Waals surface area contributed by atoms with Crippen molar-refractivity contribution < 1.29 is 9.31 Å². The summed E-state index contributed by atoms with van der Waals surface area (Å²) >= 11 is 1.88. The number of rotatable bonds is 11. The fraction of sp³-hybridized carbons (Fsp3) is 0.818. The van der Waals surface area contributed by atoms with Crippen LogP contribution in [-0.2, 0) is 15.7 Å². The van der Waals surface area contributed by atoms with E-state index in [1.807, 2.05) is 11.3 Å². The molecule has 4 heteroatoms. The highest BCUT2D eigenvalue weighted by Crippen LogP contribution is 2.37. The molecular weight excluding hydrogens is 339 g/mol. The molecule has 2 rings (SSSR count). The van der Waals surface area contributed by atoms with Gasteiger partial charge in [0.15, 0.2) is 0 Å². The molecule has 0 N–H and O–H groups in total. The van der Waals surface area contributed by atoms with Crippen molar-refractivity contribution in [2.24, 2.45) is 5.92 Å². The molecule has 0 aliphatic carbocycles. The summed E-state index contributed by atoms with van der Waals surface area (Å²) in [5, 5.41) is 0. The summed E-state index contributed by atoms with van der Waals surface area (Å²) in [4.78, 5) is 1.48. The molecule has 0 spiro atoms. The predicted molar refractivity (Wildman–Crippen MR) is 116 cm³/mol. The molecular formula is C22H39BO2S. The molecule has 1 atom stereocenters. The van der Waals surface area contributed by atoms with Crippen LogP contribution in [-0.4, -0.2) is 18.3 Å².